The van der Waals surface area contributed by atoms with Crippen LogP contribution in [0.25, 0.3) is 0 Å². The highest BCUT2D eigenvalue weighted by Gasteiger charge is 2.46. The number of carboxylic acid groups (broad SMARTS) is 1. The number of alkyl halides is 3. The van der Waals surface area contributed by atoms with Gasteiger partial charge in [-0.2, -0.15) is 13.2 Å². The predicted octanol–water partition coefficient (Wildman–Crippen LogP) is 4.72. The van der Waals surface area contributed by atoms with Crippen LogP contribution in [0, 0.1) is 5.92 Å². The summed E-state index contributed by atoms with van der Waals surface area (Å²) < 4.78 is 45.9. The van der Waals surface area contributed by atoms with Gasteiger partial charge in [-0.3, -0.25) is 10.1 Å². The van der Waals surface area contributed by atoms with Gasteiger partial charge in [-0.1, -0.05) is 31.7 Å². The lowest BCUT2D eigenvalue weighted by Crippen LogP contribution is -2.54. The van der Waals surface area contributed by atoms with Crippen molar-refractivity contribution in [3.63, 3.8) is 0 Å². The maximum atomic E-state index is 13.6. The van der Waals surface area contributed by atoms with E-state index in [1.165, 1.54) is 5.56 Å². The number of pyridine rings is 1. The number of aromatic nitrogens is 1. The van der Waals surface area contributed by atoms with Crippen molar-refractivity contribution < 1.29 is 27.8 Å². The molecule has 186 valence electrons. The number of aliphatic carboxylic acids is 1. The number of ether oxygens (including phenoxy) is 1. The molecule has 2 aliphatic rings. The van der Waals surface area contributed by atoms with E-state index in [0.717, 1.165) is 63.0 Å². The second-order valence-corrected chi connectivity index (χ2v) is 9.17. The summed E-state index contributed by atoms with van der Waals surface area (Å²) in [7, 11) is 0. The van der Waals surface area contributed by atoms with Crippen LogP contribution in [0.15, 0.2) is 12.1 Å². The molecule has 1 aromatic rings. The molecule has 0 aromatic carbocycles. The molecule has 0 saturated carbocycles. The SMILES string of the molecule is O=C(O)[C@H](CCCCCCCc1ccc2c(n1)NCCC2)N[C@@H](C1CCOCC1)C(F)(F)F. The Bertz CT molecular complexity index is 754. The minimum Gasteiger partial charge on any atom is -0.480 e. The zero-order valence-corrected chi connectivity index (χ0v) is 19.1. The van der Waals surface area contributed by atoms with Crippen molar-refractivity contribution in [2.24, 2.45) is 5.92 Å². The summed E-state index contributed by atoms with van der Waals surface area (Å²) >= 11 is 0. The number of nitrogens with zero attached hydrogens (tertiary/aromatic N) is 1. The zero-order chi connectivity index (χ0) is 23.7. The molecule has 0 bridgehead atoms. The lowest BCUT2D eigenvalue weighted by molar-refractivity contribution is -0.178. The third-order valence-corrected chi connectivity index (χ3v) is 6.65. The minimum absolute atomic E-state index is 0.198. The molecule has 3 heterocycles. The molecule has 2 atom stereocenters. The summed E-state index contributed by atoms with van der Waals surface area (Å²) in [5, 5.41) is 15.2. The molecule has 0 aliphatic carbocycles. The Morgan fingerprint density at radius 3 is 2.64 bits per heavy atom. The minimum atomic E-state index is -4.48. The van der Waals surface area contributed by atoms with Gasteiger partial charge >= 0.3 is 12.1 Å². The van der Waals surface area contributed by atoms with E-state index in [1.807, 2.05) is 0 Å². The number of fused-ring (bicyclic) bond motifs is 1. The first-order valence-corrected chi connectivity index (χ1v) is 12.2. The van der Waals surface area contributed by atoms with E-state index >= 15 is 0 Å². The molecule has 0 spiro atoms. The van der Waals surface area contributed by atoms with Crippen LogP contribution in [0.2, 0.25) is 0 Å². The molecule has 6 nitrogen and oxygen atoms in total. The molecule has 0 amide bonds. The van der Waals surface area contributed by atoms with E-state index in [0.29, 0.717) is 19.3 Å². The van der Waals surface area contributed by atoms with Crippen LogP contribution in [0.4, 0.5) is 19.0 Å². The van der Waals surface area contributed by atoms with Crippen molar-refractivity contribution in [2.45, 2.75) is 88.9 Å². The van der Waals surface area contributed by atoms with Gasteiger partial charge in [0.1, 0.15) is 17.9 Å². The number of anilines is 1. The summed E-state index contributed by atoms with van der Waals surface area (Å²) in [5.74, 6) is -0.861. The van der Waals surface area contributed by atoms with Gasteiger partial charge in [-0.25, -0.2) is 4.98 Å². The Labute approximate surface area is 193 Å². The maximum Gasteiger partial charge on any atom is 0.404 e. The predicted molar refractivity (Wildman–Crippen MR) is 120 cm³/mol. The number of carbonyl (C=O) groups is 1. The molecule has 3 N–H and O–H groups in total. The molecular weight excluding hydrogens is 435 g/mol. The topological polar surface area (TPSA) is 83.5 Å². The molecule has 33 heavy (non-hydrogen) atoms. The van der Waals surface area contributed by atoms with Crippen molar-refractivity contribution in [3.8, 4) is 0 Å². The fourth-order valence-corrected chi connectivity index (χ4v) is 4.73. The number of carboxylic acids is 1. The largest absolute Gasteiger partial charge is 0.480 e. The van der Waals surface area contributed by atoms with Gasteiger partial charge in [0.25, 0.3) is 0 Å². The summed E-state index contributed by atoms with van der Waals surface area (Å²) in [4.78, 5) is 16.3. The normalized spacial score (nSPS) is 18.9. The van der Waals surface area contributed by atoms with Gasteiger partial charge in [0.15, 0.2) is 0 Å². The van der Waals surface area contributed by atoms with Crippen LogP contribution in [0.1, 0.15) is 69.0 Å². The van der Waals surface area contributed by atoms with Crippen molar-refractivity contribution in [1.29, 1.82) is 0 Å². The first-order valence-electron chi connectivity index (χ1n) is 12.2. The molecule has 0 radical (unpaired) electrons. The van der Waals surface area contributed by atoms with Crippen molar-refractivity contribution in [1.82, 2.24) is 10.3 Å². The van der Waals surface area contributed by atoms with E-state index in [-0.39, 0.29) is 19.6 Å². The zero-order valence-electron chi connectivity index (χ0n) is 19.1. The Morgan fingerprint density at radius 1 is 1.18 bits per heavy atom. The van der Waals surface area contributed by atoms with Crippen LogP contribution in [0.5, 0.6) is 0 Å². The molecule has 3 rings (SSSR count). The van der Waals surface area contributed by atoms with Crippen LogP contribution in [0.3, 0.4) is 0 Å². The fourth-order valence-electron chi connectivity index (χ4n) is 4.73. The van der Waals surface area contributed by atoms with E-state index in [4.69, 9.17) is 9.72 Å². The average molecular weight is 472 g/mol. The number of aryl methyl sites for hydroxylation is 2. The molecule has 1 aromatic heterocycles. The van der Waals surface area contributed by atoms with Crippen LogP contribution < -0.4 is 10.6 Å². The molecule has 1 fully saturated rings. The molecule has 9 heteroatoms. The highest BCUT2D eigenvalue weighted by Crippen LogP contribution is 2.32. The molecule has 2 aliphatic heterocycles. The average Bonchev–Trinajstić information content (AvgIpc) is 2.79. The summed E-state index contributed by atoms with van der Waals surface area (Å²) in [6.45, 7) is 1.54. The third kappa shape index (κ3) is 8.14. The Balaban J connectivity index is 1.36. The van der Waals surface area contributed by atoms with Gasteiger partial charge in [-0.15, -0.1) is 0 Å². The second kappa shape index (κ2) is 12.6. The number of rotatable bonds is 12. The number of unbranched alkanes of at least 4 members (excludes halogenated alkanes) is 4. The summed E-state index contributed by atoms with van der Waals surface area (Å²) in [5.41, 5.74) is 2.35. The number of nitrogens with one attached hydrogen (secondary N) is 2. The lowest BCUT2D eigenvalue weighted by atomic mass is 9.90. The highest BCUT2D eigenvalue weighted by molar-refractivity contribution is 5.73. The number of hydrogen-bond donors (Lipinski definition) is 3. The lowest BCUT2D eigenvalue weighted by Gasteiger charge is -2.34. The van der Waals surface area contributed by atoms with Crippen molar-refractivity contribution >= 4 is 11.8 Å². The monoisotopic (exact) mass is 471 g/mol. The number of halogens is 3. The first-order chi connectivity index (χ1) is 15.8. The first kappa shape index (κ1) is 25.7. The van der Waals surface area contributed by atoms with Crippen LogP contribution in [-0.4, -0.2) is 54.1 Å². The van der Waals surface area contributed by atoms with Gasteiger partial charge in [0, 0.05) is 25.5 Å². The quantitative estimate of drug-likeness (QED) is 0.383. The van der Waals surface area contributed by atoms with E-state index in [2.05, 4.69) is 22.8 Å². The summed E-state index contributed by atoms with van der Waals surface area (Å²) in [6, 6.07) is 1.25. The van der Waals surface area contributed by atoms with Crippen molar-refractivity contribution in [3.05, 3.63) is 23.4 Å². The highest BCUT2D eigenvalue weighted by atomic mass is 19.4. The molecule has 1 saturated heterocycles. The fraction of sp³-hybridized carbons (Fsp3) is 0.750. The van der Waals surface area contributed by atoms with Crippen LogP contribution in [-0.2, 0) is 22.4 Å². The van der Waals surface area contributed by atoms with Crippen molar-refractivity contribution in [2.75, 3.05) is 25.1 Å². The van der Waals surface area contributed by atoms with Crippen LogP contribution >= 0.6 is 0 Å². The van der Waals surface area contributed by atoms with Gasteiger partial charge in [0.05, 0.1) is 0 Å². The standard InChI is InChI=1S/C24H36F3N3O3/c25-24(26,27)21(17-12-15-33-16-13-17)30-20(23(31)32)9-5-3-1-2-4-8-19-11-10-18-7-6-14-28-22(18)29-19/h10-11,17,20-21,30H,1-9,12-16H2,(H,28,29)(H,31,32)/t20-,21-/m0/s1. The smallest absolute Gasteiger partial charge is 0.404 e. The number of hydrogen-bond acceptors (Lipinski definition) is 5. The Kier molecular flexibility index (Phi) is 9.79. The summed E-state index contributed by atoms with van der Waals surface area (Å²) in [6.07, 6.45) is 3.71. The second-order valence-electron chi connectivity index (χ2n) is 9.17. The van der Waals surface area contributed by atoms with Gasteiger partial charge in [-0.05, 0) is 62.5 Å². The molecular formula is C24H36F3N3O3. The van der Waals surface area contributed by atoms with Gasteiger partial charge < -0.3 is 15.2 Å². The molecule has 0 unspecified atom stereocenters. The van der Waals surface area contributed by atoms with E-state index in [1.54, 1.807) is 0 Å². The maximum absolute atomic E-state index is 13.6. The van der Waals surface area contributed by atoms with E-state index in [9.17, 15) is 23.1 Å². The third-order valence-electron chi connectivity index (χ3n) is 6.65. The van der Waals surface area contributed by atoms with E-state index < -0.39 is 30.1 Å². The van der Waals surface area contributed by atoms with Gasteiger partial charge in [0.2, 0.25) is 0 Å². The Morgan fingerprint density at radius 2 is 1.91 bits per heavy atom. The Hall–Kier alpha value is -1.87.